The van der Waals surface area contributed by atoms with Gasteiger partial charge in [0.25, 0.3) is 0 Å². The van der Waals surface area contributed by atoms with Crippen molar-refractivity contribution < 1.29 is 8.42 Å². The van der Waals surface area contributed by atoms with Crippen molar-refractivity contribution in [1.82, 2.24) is 4.57 Å². The maximum atomic E-state index is 15.1. The van der Waals surface area contributed by atoms with Crippen LogP contribution in [0.25, 0.3) is 49.7 Å². The Hall–Kier alpha value is -6.69. The van der Waals surface area contributed by atoms with E-state index >= 15 is 8.42 Å². The van der Waals surface area contributed by atoms with Gasteiger partial charge in [0.15, 0.2) is 0 Å². The van der Waals surface area contributed by atoms with Gasteiger partial charge in [0.1, 0.15) is 0 Å². The first kappa shape index (κ1) is 38.9. The maximum absolute atomic E-state index is 15.1. The lowest BCUT2D eigenvalue weighted by atomic mass is 9.46. The molecule has 0 atom stereocenters. The van der Waals surface area contributed by atoms with Crippen molar-refractivity contribution in [3.63, 3.8) is 0 Å². The number of para-hydroxylation sites is 2. The molecule has 9 aromatic rings. The van der Waals surface area contributed by atoms with Crippen molar-refractivity contribution in [2.24, 2.45) is 23.7 Å². The lowest BCUT2D eigenvalue weighted by molar-refractivity contribution is 0.0231. The summed E-state index contributed by atoms with van der Waals surface area (Å²) >= 11 is 0. The Morgan fingerprint density at radius 1 is 0.453 bits per heavy atom. The van der Waals surface area contributed by atoms with Crippen LogP contribution in [0, 0.1) is 23.7 Å². The van der Waals surface area contributed by atoms with Crippen molar-refractivity contribution in [3.05, 3.63) is 205 Å². The van der Waals surface area contributed by atoms with E-state index in [1.807, 2.05) is 24.3 Å². The van der Waals surface area contributed by atoms with E-state index in [9.17, 15) is 0 Å². The first-order chi connectivity index (χ1) is 31.3. The van der Waals surface area contributed by atoms with Gasteiger partial charge >= 0.3 is 0 Å². The largest absolute Gasteiger partial charge is 0.310 e. The maximum Gasteiger partial charge on any atom is 0.207 e. The fourth-order valence-corrected chi connectivity index (χ4v) is 14.4. The van der Waals surface area contributed by atoms with Crippen LogP contribution in [-0.2, 0) is 15.3 Å². The Morgan fingerprint density at radius 2 is 0.969 bits per heavy atom. The second-order valence-electron chi connectivity index (χ2n) is 18.8. The van der Waals surface area contributed by atoms with Gasteiger partial charge in [0, 0.05) is 38.9 Å². The molecule has 1 spiro atoms. The molecule has 3 aliphatic rings. The number of fused-ring (bicyclic) bond motifs is 5. The summed E-state index contributed by atoms with van der Waals surface area (Å²) in [6.45, 7) is 4.79. The molecule has 64 heavy (non-hydrogen) atoms. The molecule has 314 valence electrons. The summed E-state index contributed by atoms with van der Waals surface area (Å²) in [7, 11) is -3.83. The third kappa shape index (κ3) is 5.97. The highest BCUT2D eigenvalue weighted by Gasteiger charge is 2.59. The van der Waals surface area contributed by atoms with Gasteiger partial charge in [-0.15, -0.1) is 0 Å². The lowest BCUT2D eigenvalue weighted by Gasteiger charge is -2.59. The van der Waals surface area contributed by atoms with Crippen LogP contribution in [0.5, 0.6) is 0 Å². The second-order valence-corrected chi connectivity index (χ2v) is 20.7. The topological polar surface area (TPSA) is 42.3 Å². The predicted molar refractivity (Wildman–Crippen MR) is 263 cm³/mol. The molecule has 0 amide bonds. The first-order valence-electron chi connectivity index (χ1n) is 22.9. The molecule has 2 saturated carbocycles. The van der Waals surface area contributed by atoms with E-state index in [0.717, 1.165) is 81.8 Å². The summed E-state index contributed by atoms with van der Waals surface area (Å²) in [6, 6.07) is 68.2. The summed E-state index contributed by atoms with van der Waals surface area (Å²) < 4.78 is 32.6. The van der Waals surface area contributed by atoms with Crippen molar-refractivity contribution >= 4 is 48.7 Å². The van der Waals surface area contributed by atoms with Crippen LogP contribution in [0.3, 0.4) is 0 Å². The zero-order chi connectivity index (χ0) is 43.2. The molecule has 2 heterocycles. The standard InChI is InChI=1S/C59H50N2O2S/c1-39-32-45-34-40(2)35-46(33-39)59(45)53-22-8-11-25-57(53)64(62,63)58-38-50(30-31-54(58)59)60(48-18-12-16-43(36-48)41-14-4-3-5-15-41)47-28-26-42(27-29-47)44-17-13-19-49(37-44)61-55-23-9-6-20-51(55)52-21-7-10-24-56(52)61/h3-31,36-40,45-46H,32-35H2,1-2H3/t39-,40+,45+,46-,59?. The molecule has 5 heteroatoms. The molecule has 2 bridgehead atoms. The summed E-state index contributed by atoms with van der Waals surface area (Å²) in [5.74, 6) is 2.00. The first-order valence-corrected chi connectivity index (χ1v) is 24.4. The van der Waals surface area contributed by atoms with E-state index in [0.29, 0.717) is 33.5 Å². The minimum atomic E-state index is -3.83. The molecule has 12 rings (SSSR count). The fraction of sp³-hybridized carbons (Fsp3) is 0.186. The normalized spacial score (nSPS) is 22.0. The highest BCUT2D eigenvalue weighted by Crippen LogP contribution is 2.64. The minimum Gasteiger partial charge on any atom is -0.310 e. The highest BCUT2D eigenvalue weighted by atomic mass is 32.2. The summed E-state index contributed by atoms with van der Waals surface area (Å²) in [6.07, 6.45) is 4.46. The van der Waals surface area contributed by atoms with Crippen LogP contribution in [0.4, 0.5) is 17.1 Å². The van der Waals surface area contributed by atoms with E-state index < -0.39 is 9.84 Å². The van der Waals surface area contributed by atoms with E-state index in [1.165, 1.54) is 21.8 Å². The average molecular weight is 851 g/mol. The van der Waals surface area contributed by atoms with Crippen LogP contribution in [0.1, 0.15) is 50.7 Å². The van der Waals surface area contributed by atoms with Gasteiger partial charge in [-0.05, 0) is 149 Å². The monoisotopic (exact) mass is 850 g/mol. The Bertz CT molecular complexity index is 3290. The van der Waals surface area contributed by atoms with Gasteiger partial charge in [-0.3, -0.25) is 0 Å². The van der Waals surface area contributed by atoms with Crippen molar-refractivity contribution in [3.8, 4) is 27.9 Å². The molecule has 1 aromatic heterocycles. The van der Waals surface area contributed by atoms with Crippen LogP contribution in [0.15, 0.2) is 204 Å². The molecule has 0 N–H and O–H groups in total. The fourth-order valence-electron chi connectivity index (χ4n) is 12.5. The van der Waals surface area contributed by atoms with E-state index in [1.54, 1.807) is 0 Å². The van der Waals surface area contributed by atoms with Gasteiger partial charge in [-0.1, -0.05) is 141 Å². The number of benzene rings is 8. The quantitative estimate of drug-likeness (QED) is 0.167. The minimum absolute atomic E-state index is 0.331. The Morgan fingerprint density at radius 3 is 1.66 bits per heavy atom. The predicted octanol–water partition coefficient (Wildman–Crippen LogP) is 15.1. The van der Waals surface area contributed by atoms with Crippen molar-refractivity contribution in [2.75, 3.05) is 4.90 Å². The van der Waals surface area contributed by atoms with Gasteiger partial charge in [-0.2, -0.15) is 0 Å². The Labute approximate surface area is 376 Å². The molecule has 2 fully saturated rings. The molecule has 1 aliphatic heterocycles. The molecular formula is C59H50N2O2S. The molecule has 8 aromatic carbocycles. The third-order valence-corrected chi connectivity index (χ3v) is 16.8. The van der Waals surface area contributed by atoms with Gasteiger partial charge < -0.3 is 9.47 Å². The highest BCUT2D eigenvalue weighted by molar-refractivity contribution is 7.91. The second kappa shape index (κ2) is 15.0. The van der Waals surface area contributed by atoms with Crippen LogP contribution in [0.2, 0.25) is 0 Å². The number of hydrogen-bond acceptors (Lipinski definition) is 3. The number of anilines is 3. The van der Waals surface area contributed by atoms with Crippen molar-refractivity contribution in [1.29, 1.82) is 0 Å². The summed E-state index contributed by atoms with van der Waals surface area (Å²) in [4.78, 5) is 3.19. The number of sulfone groups is 1. The molecular weight excluding hydrogens is 801 g/mol. The number of hydrogen-bond donors (Lipinski definition) is 0. The molecule has 4 nitrogen and oxygen atoms in total. The number of aromatic nitrogens is 1. The van der Waals surface area contributed by atoms with E-state index in [-0.39, 0.29) is 5.41 Å². The lowest BCUT2D eigenvalue weighted by Crippen LogP contribution is -2.54. The van der Waals surface area contributed by atoms with Gasteiger partial charge in [0.05, 0.1) is 20.8 Å². The van der Waals surface area contributed by atoms with E-state index in [2.05, 4.69) is 193 Å². The van der Waals surface area contributed by atoms with Crippen LogP contribution in [-0.4, -0.2) is 13.0 Å². The summed E-state index contributed by atoms with van der Waals surface area (Å²) in [5.41, 5.74) is 12.3. The van der Waals surface area contributed by atoms with Crippen LogP contribution < -0.4 is 4.90 Å². The Kier molecular flexibility index (Phi) is 9.10. The summed E-state index contributed by atoms with van der Waals surface area (Å²) in [5, 5.41) is 2.48. The van der Waals surface area contributed by atoms with Crippen molar-refractivity contribution in [2.45, 2.75) is 54.7 Å². The number of rotatable bonds is 6. The smallest absolute Gasteiger partial charge is 0.207 e. The molecule has 0 unspecified atom stereocenters. The molecule has 2 aliphatic carbocycles. The molecule has 0 radical (unpaired) electrons. The Balaban J connectivity index is 1.00. The van der Waals surface area contributed by atoms with Crippen LogP contribution >= 0.6 is 0 Å². The molecule has 0 saturated heterocycles. The zero-order valence-electron chi connectivity index (χ0n) is 36.2. The van der Waals surface area contributed by atoms with E-state index in [4.69, 9.17) is 0 Å². The van der Waals surface area contributed by atoms with Gasteiger partial charge in [-0.25, -0.2) is 8.42 Å². The zero-order valence-corrected chi connectivity index (χ0v) is 37.0. The number of nitrogens with zero attached hydrogens (tertiary/aromatic N) is 2. The average Bonchev–Trinajstić information content (AvgIpc) is 3.66. The SMILES string of the molecule is C[C@H]1C[C@@H]2C[C@@H](C)C[C@H](C1)C21c2ccccc2S(=O)(=O)c2cc(N(c3ccc(-c4cccc(-n5c6ccccc6c6ccccc65)c4)cc3)c3cccc(-c4ccccc4)c3)ccc21. The van der Waals surface area contributed by atoms with Gasteiger partial charge in [0.2, 0.25) is 9.84 Å². The third-order valence-electron chi connectivity index (χ3n) is 15.0.